The second-order valence-corrected chi connectivity index (χ2v) is 12.0. The third kappa shape index (κ3) is 4.39. The molecular formula is C47H28N4O. The fourth-order valence-electron chi connectivity index (χ4n) is 6.85. The number of furan rings is 1. The van der Waals surface area contributed by atoms with E-state index in [-0.39, 0.29) is 28.1 Å². The topological polar surface area (TPSA) is 56.7 Å². The molecule has 0 saturated heterocycles. The van der Waals surface area contributed by atoms with Gasteiger partial charge in [-0.25, -0.2) is 15.0 Å². The van der Waals surface area contributed by atoms with Crippen molar-refractivity contribution >= 4 is 65.3 Å². The summed E-state index contributed by atoms with van der Waals surface area (Å²) in [6.45, 7) is 0. The summed E-state index contributed by atoms with van der Waals surface area (Å²) in [4.78, 5) is 13.3. The predicted octanol–water partition coefficient (Wildman–Crippen LogP) is 12.2. The Morgan fingerprint density at radius 1 is 0.500 bits per heavy atom. The number of nitrogens with zero attached hydrogens (tertiary/aromatic N) is 4. The molecule has 0 aliphatic heterocycles. The van der Waals surface area contributed by atoms with Crippen molar-refractivity contribution in [1.29, 1.82) is 0 Å². The van der Waals surface area contributed by atoms with Crippen LogP contribution in [0.25, 0.3) is 105 Å². The summed E-state index contributed by atoms with van der Waals surface area (Å²) in [5.74, 6) is -1.88. The van der Waals surface area contributed by atoms with Crippen LogP contribution in [0, 0.1) is 0 Å². The van der Waals surface area contributed by atoms with Gasteiger partial charge < -0.3 is 8.98 Å². The van der Waals surface area contributed by atoms with Crippen LogP contribution in [-0.2, 0) is 0 Å². The van der Waals surface area contributed by atoms with Crippen molar-refractivity contribution in [2.75, 3.05) is 0 Å². The summed E-state index contributed by atoms with van der Waals surface area (Å²) in [5.41, 5.74) is -1.03. The highest BCUT2D eigenvalue weighted by Gasteiger charge is 2.20. The minimum absolute atomic E-state index is 0.0365. The van der Waals surface area contributed by atoms with Gasteiger partial charge >= 0.3 is 0 Å². The average Bonchev–Trinajstić information content (AvgIpc) is 3.89. The van der Waals surface area contributed by atoms with Crippen molar-refractivity contribution < 1.29 is 26.3 Å². The smallest absolute Gasteiger partial charge is 0.164 e. The van der Waals surface area contributed by atoms with Crippen LogP contribution in [0.3, 0.4) is 0 Å². The van der Waals surface area contributed by atoms with E-state index in [9.17, 15) is 5.48 Å². The molecule has 0 aliphatic rings. The molecule has 0 amide bonds. The number of hydrogen-bond acceptors (Lipinski definition) is 4. The van der Waals surface area contributed by atoms with Gasteiger partial charge in [-0.2, -0.15) is 0 Å². The molecule has 242 valence electrons. The Bertz CT molecular complexity index is 3980. The first kappa shape index (κ1) is 17.2. The van der Waals surface area contributed by atoms with Crippen LogP contribution in [-0.4, -0.2) is 19.5 Å². The summed E-state index contributed by atoms with van der Waals surface area (Å²) >= 11 is 0. The summed E-state index contributed by atoms with van der Waals surface area (Å²) in [6, 6.07) is 12.3. The highest BCUT2D eigenvalue weighted by Crippen LogP contribution is 2.41. The van der Waals surface area contributed by atoms with E-state index < -0.39 is 130 Å². The summed E-state index contributed by atoms with van der Waals surface area (Å²) in [6.07, 6.45) is 0. The Morgan fingerprint density at radius 3 is 1.92 bits per heavy atom. The Morgan fingerprint density at radius 2 is 1.17 bits per heavy atom. The van der Waals surface area contributed by atoms with Crippen LogP contribution in [0.15, 0.2) is 174 Å². The maximum Gasteiger partial charge on any atom is 0.164 e. The highest BCUT2D eigenvalue weighted by atomic mass is 16.3. The molecule has 52 heavy (non-hydrogen) atoms. The van der Waals surface area contributed by atoms with Crippen LogP contribution >= 0.6 is 0 Å². The van der Waals surface area contributed by atoms with E-state index in [1.807, 2.05) is 72.8 Å². The third-order valence-corrected chi connectivity index (χ3v) is 9.11. The molecule has 5 heteroatoms. The number of aromatic nitrogens is 4. The van der Waals surface area contributed by atoms with Crippen LogP contribution in [0.2, 0.25) is 0 Å². The van der Waals surface area contributed by atoms with Gasteiger partial charge in [0.1, 0.15) is 11.2 Å². The van der Waals surface area contributed by atoms with Gasteiger partial charge in [-0.15, -0.1) is 0 Å². The number of hydrogen-bond donors (Lipinski definition) is 0. The zero-order chi connectivity index (χ0) is 48.1. The lowest BCUT2D eigenvalue weighted by atomic mass is 10.0. The maximum atomic E-state index is 9.86. The highest BCUT2D eigenvalue weighted by molar-refractivity contribution is 6.21. The standard InChI is InChI=1S/C47H28N4O/c1-3-13-30(14-4-1)45-48-46(31-15-5-2-6-16-31)50-47(49-45)38-20-11-21-41-43(38)37-25-23-34(28-42(37)52-41)51-40-27-33-18-8-7-17-32(33)26-39(40)36-24-22-29-12-9-10-19-35(29)44(36)51/h1-28H/i1D,2D,3D,4D,5D,6D,11D,13D,14D,15D,16D,20D,21D,23D,25D,28D. The van der Waals surface area contributed by atoms with Crippen LogP contribution in [0.5, 0.6) is 0 Å². The average molecular weight is 681 g/mol. The van der Waals surface area contributed by atoms with Gasteiger partial charge in [0.15, 0.2) is 17.5 Å². The van der Waals surface area contributed by atoms with E-state index in [0.29, 0.717) is 11.0 Å². The van der Waals surface area contributed by atoms with Gasteiger partial charge in [-0.3, -0.25) is 0 Å². The zero-order valence-electron chi connectivity index (χ0n) is 42.6. The zero-order valence-corrected chi connectivity index (χ0v) is 26.6. The lowest BCUT2D eigenvalue weighted by Gasteiger charge is -2.11. The number of fused-ring (bicyclic) bond motifs is 9. The summed E-state index contributed by atoms with van der Waals surface area (Å²) < 4.78 is 150. The van der Waals surface area contributed by atoms with Gasteiger partial charge in [0, 0.05) is 55.4 Å². The van der Waals surface area contributed by atoms with Gasteiger partial charge in [0.05, 0.1) is 33.0 Å². The normalized spacial score (nSPS) is 16.2. The number of rotatable bonds is 4. The summed E-state index contributed by atoms with van der Waals surface area (Å²) in [5, 5.41) is 4.64. The fraction of sp³-hybridized carbons (Fsp3) is 0. The van der Waals surface area contributed by atoms with Gasteiger partial charge in [-0.05, 0) is 46.4 Å². The Balaban J connectivity index is 1.28. The molecule has 0 fully saturated rings. The molecular weight excluding hydrogens is 637 g/mol. The van der Waals surface area contributed by atoms with E-state index in [1.165, 1.54) is 0 Å². The van der Waals surface area contributed by atoms with Gasteiger partial charge in [0.2, 0.25) is 0 Å². The molecule has 0 saturated carbocycles. The first-order chi connectivity index (χ1) is 32.4. The van der Waals surface area contributed by atoms with Crippen molar-refractivity contribution in [1.82, 2.24) is 19.5 Å². The molecule has 3 heterocycles. The Hall–Kier alpha value is -7.11. The maximum absolute atomic E-state index is 9.86. The van der Waals surface area contributed by atoms with E-state index >= 15 is 0 Å². The third-order valence-electron chi connectivity index (χ3n) is 9.11. The first-order valence-electron chi connectivity index (χ1n) is 24.1. The molecule has 8 aromatic carbocycles. The van der Waals surface area contributed by atoms with Gasteiger partial charge in [0.25, 0.3) is 0 Å². The summed E-state index contributed by atoms with van der Waals surface area (Å²) in [7, 11) is 0. The SMILES string of the molecule is [2H]c1c([2H])c([2H])c(-c2nc(-c3c([2H])c([2H])c([2H])c([2H])c3[2H])nc(-c3c([2H])c([2H])c([2H])c4oc5c([2H])c(-n6c7cc8ccccc8cc7c7ccc8ccccc8c76)c([2H])c([2H])c5c34)n2)c([2H])c1[2H]. The van der Waals surface area contributed by atoms with Crippen molar-refractivity contribution in [2.24, 2.45) is 0 Å². The molecule has 3 aromatic heterocycles. The Labute approximate surface area is 320 Å². The van der Waals surface area contributed by atoms with Crippen molar-refractivity contribution in [3.63, 3.8) is 0 Å². The molecule has 0 spiro atoms. The van der Waals surface area contributed by atoms with E-state index in [0.717, 1.165) is 32.3 Å². The minimum atomic E-state index is -0.770. The first-order valence-corrected chi connectivity index (χ1v) is 16.1. The monoisotopic (exact) mass is 680 g/mol. The predicted molar refractivity (Wildman–Crippen MR) is 213 cm³/mol. The van der Waals surface area contributed by atoms with E-state index in [1.54, 1.807) is 4.57 Å². The second-order valence-electron chi connectivity index (χ2n) is 12.0. The van der Waals surface area contributed by atoms with E-state index in [2.05, 4.69) is 15.0 Å². The molecule has 0 aliphatic carbocycles. The minimum Gasteiger partial charge on any atom is -0.456 e. The molecule has 0 atom stereocenters. The molecule has 0 unspecified atom stereocenters. The van der Waals surface area contributed by atoms with Crippen LogP contribution < -0.4 is 0 Å². The lowest BCUT2D eigenvalue weighted by Crippen LogP contribution is -2.00. The fourth-order valence-corrected chi connectivity index (χ4v) is 6.85. The lowest BCUT2D eigenvalue weighted by molar-refractivity contribution is 0.668. The van der Waals surface area contributed by atoms with E-state index in [4.69, 9.17) is 20.9 Å². The van der Waals surface area contributed by atoms with Crippen molar-refractivity contribution in [2.45, 2.75) is 0 Å². The van der Waals surface area contributed by atoms with Crippen molar-refractivity contribution in [3.8, 4) is 39.9 Å². The Kier molecular flexibility index (Phi) is 3.71. The molecule has 5 nitrogen and oxygen atoms in total. The molecule has 11 aromatic rings. The van der Waals surface area contributed by atoms with Crippen LogP contribution in [0.1, 0.15) is 21.9 Å². The molecule has 0 bridgehead atoms. The van der Waals surface area contributed by atoms with Crippen molar-refractivity contribution in [3.05, 3.63) is 169 Å². The number of benzene rings is 8. The molecule has 0 N–H and O–H groups in total. The second kappa shape index (κ2) is 11.2. The van der Waals surface area contributed by atoms with Crippen LogP contribution in [0.4, 0.5) is 0 Å². The van der Waals surface area contributed by atoms with Gasteiger partial charge in [-0.1, -0.05) is 133 Å². The quantitative estimate of drug-likeness (QED) is 0.186. The molecule has 11 rings (SSSR count). The largest absolute Gasteiger partial charge is 0.456 e. The molecule has 0 radical (unpaired) electrons.